The number of aryl methyl sites for hydroxylation is 2. The number of hydrogen-bond acceptors (Lipinski definition) is 4. The molecule has 2 aromatic carbocycles. The zero-order chi connectivity index (χ0) is 19.8. The lowest BCUT2D eigenvalue weighted by Crippen LogP contribution is -2.47. The summed E-state index contributed by atoms with van der Waals surface area (Å²) in [5.41, 5.74) is 5.30. The summed E-state index contributed by atoms with van der Waals surface area (Å²) in [6.07, 6.45) is 0.324. The Morgan fingerprint density at radius 1 is 1.18 bits per heavy atom. The number of nitrogens with zero attached hydrogens (tertiary/aromatic N) is 3. The Labute approximate surface area is 178 Å². The molecule has 0 aliphatic carbocycles. The van der Waals surface area contributed by atoms with Gasteiger partial charge in [0.1, 0.15) is 0 Å². The molecule has 4 rings (SSSR count). The molecule has 4 nitrogen and oxygen atoms in total. The molecule has 2 aromatic rings. The van der Waals surface area contributed by atoms with Gasteiger partial charge in [0.25, 0.3) is 0 Å². The minimum absolute atomic E-state index is 0.0695. The van der Waals surface area contributed by atoms with E-state index in [-0.39, 0.29) is 11.8 Å². The van der Waals surface area contributed by atoms with E-state index in [2.05, 4.69) is 58.9 Å². The molecule has 142 valence electrons. The van der Waals surface area contributed by atoms with E-state index < -0.39 is 0 Å². The van der Waals surface area contributed by atoms with E-state index in [0.29, 0.717) is 18.7 Å². The maximum absolute atomic E-state index is 13.0. The summed E-state index contributed by atoms with van der Waals surface area (Å²) in [6.45, 7) is 4.68. The molecule has 1 fully saturated rings. The van der Waals surface area contributed by atoms with E-state index in [0.717, 1.165) is 26.6 Å². The van der Waals surface area contributed by atoms with E-state index in [4.69, 9.17) is 0 Å². The van der Waals surface area contributed by atoms with Crippen molar-refractivity contribution in [2.45, 2.75) is 26.2 Å². The fraction of sp³-hybridized carbons (Fsp3) is 0.273. The van der Waals surface area contributed by atoms with Gasteiger partial charge >= 0.3 is 0 Å². The lowest BCUT2D eigenvalue weighted by Gasteiger charge is -2.42. The van der Waals surface area contributed by atoms with Crippen molar-refractivity contribution in [3.63, 3.8) is 0 Å². The van der Waals surface area contributed by atoms with Crippen LogP contribution in [0.5, 0.6) is 0 Å². The maximum atomic E-state index is 13.0. The number of fused-ring (bicyclic) bond motifs is 1. The number of thioether (sulfide) groups is 1. The first kappa shape index (κ1) is 19.1. The third kappa shape index (κ3) is 3.45. The first-order valence-corrected chi connectivity index (χ1v) is 10.9. The topological polar surface area (TPSA) is 47.3 Å². The molecule has 6 heteroatoms. The van der Waals surface area contributed by atoms with Gasteiger partial charge in [-0.3, -0.25) is 9.69 Å². The van der Waals surface area contributed by atoms with Crippen LogP contribution in [-0.2, 0) is 4.79 Å². The largest absolute Gasteiger partial charge is 0.344 e. The molecular weight excluding hydrogens is 434 g/mol. The van der Waals surface area contributed by atoms with Crippen LogP contribution in [0.2, 0.25) is 0 Å². The monoisotopic (exact) mass is 453 g/mol. The third-order valence-corrected chi connectivity index (χ3v) is 7.05. The number of hydrogen-bond donors (Lipinski definition) is 0. The van der Waals surface area contributed by atoms with Crippen molar-refractivity contribution in [3.8, 4) is 6.07 Å². The molecule has 1 saturated heterocycles. The van der Waals surface area contributed by atoms with Crippen molar-refractivity contribution < 1.29 is 4.79 Å². The van der Waals surface area contributed by atoms with Crippen molar-refractivity contribution >= 4 is 39.3 Å². The molecule has 2 heterocycles. The highest BCUT2D eigenvalue weighted by molar-refractivity contribution is 9.10. The second-order valence-corrected chi connectivity index (χ2v) is 9.04. The molecule has 1 amide bonds. The Kier molecular flexibility index (Phi) is 5.22. The van der Waals surface area contributed by atoms with Gasteiger partial charge in [-0.1, -0.05) is 45.9 Å². The molecule has 2 aliphatic heterocycles. The van der Waals surface area contributed by atoms with Gasteiger partial charge < -0.3 is 4.90 Å². The van der Waals surface area contributed by atoms with Crippen LogP contribution in [0.25, 0.3) is 0 Å². The van der Waals surface area contributed by atoms with Crippen molar-refractivity contribution in [1.29, 1.82) is 5.26 Å². The minimum Gasteiger partial charge on any atom is -0.344 e. The van der Waals surface area contributed by atoms with Gasteiger partial charge in [-0.15, -0.1) is 0 Å². The third-order valence-electron chi connectivity index (χ3n) is 5.40. The predicted octanol–water partition coefficient (Wildman–Crippen LogP) is 5.29. The summed E-state index contributed by atoms with van der Waals surface area (Å²) in [5, 5.41) is 10.7. The van der Waals surface area contributed by atoms with E-state index in [1.165, 1.54) is 11.1 Å². The van der Waals surface area contributed by atoms with Crippen molar-refractivity contribution in [3.05, 3.63) is 74.2 Å². The second kappa shape index (κ2) is 7.65. The molecule has 28 heavy (non-hydrogen) atoms. The van der Waals surface area contributed by atoms with Crippen LogP contribution >= 0.6 is 27.7 Å². The summed E-state index contributed by atoms with van der Waals surface area (Å²) in [5.74, 6) is 0.611. The SMILES string of the molecule is Cc1ccc(N2CSC3=C(C#N)[C@H](c4cccc(Br)c4)CC(=O)N3C2)cc1C. The molecule has 0 unspecified atom stereocenters. The summed E-state index contributed by atoms with van der Waals surface area (Å²) in [4.78, 5) is 16.9. The van der Waals surface area contributed by atoms with Crippen LogP contribution < -0.4 is 4.90 Å². The second-order valence-electron chi connectivity index (χ2n) is 7.19. The van der Waals surface area contributed by atoms with E-state index in [9.17, 15) is 10.1 Å². The first-order valence-electron chi connectivity index (χ1n) is 9.13. The molecule has 0 bridgehead atoms. The highest BCUT2D eigenvalue weighted by Gasteiger charge is 2.38. The molecule has 0 spiro atoms. The number of halogens is 1. The molecule has 2 aliphatic rings. The van der Waals surface area contributed by atoms with Gasteiger partial charge in [0, 0.05) is 22.5 Å². The number of anilines is 1. The number of amides is 1. The highest BCUT2D eigenvalue weighted by Crippen LogP contribution is 2.43. The number of nitriles is 1. The van der Waals surface area contributed by atoms with E-state index in [1.807, 2.05) is 24.3 Å². The van der Waals surface area contributed by atoms with Gasteiger partial charge in [-0.05, 0) is 54.8 Å². The number of carbonyl (C=O) groups is 1. The van der Waals surface area contributed by atoms with Gasteiger partial charge in [0.2, 0.25) is 5.91 Å². The van der Waals surface area contributed by atoms with Crippen LogP contribution in [0.1, 0.15) is 29.0 Å². The van der Waals surface area contributed by atoms with Gasteiger partial charge in [-0.25, -0.2) is 0 Å². The van der Waals surface area contributed by atoms with Crippen LogP contribution in [0.4, 0.5) is 5.69 Å². The van der Waals surface area contributed by atoms with E-state index >= 15 is 0 Å². The molecular formula is C22H20BrN3OS. The average Bonchev–Trinajstić information content (AvgIpc) is 2.70. The number of benzene rings is 2. The Balaban J connectivity index is 1.67. The zero-order valence-electron chi connectivity index (χ0n) is 15.8. The Morgan fingerprint density at radius 3 is 2.71 bits per heavy atom. The van der Waals surface area contributed by atoms with Crippen molar-refractivity contribution in [1.82, 2.24) is 4.90 Å². The first-order chi connectivity index (χ1) is 13.5. The van der Waals surface area contributed by atoms with Crippen LogP contribution in [0.3, 0.4) is 0 Å². The fourth-order valence-corrected chi connectivity index (χ4v) is 5.24. The van der Waals surface area contributed by atoms with Crippen LogP contribution in [0.15, 0.2) is 57.5 Å². The number of rotatable bonds is 2. The molecule has 0 N–H and O–H groups in total. The fourth-order valence-electron chi connectivity index (χ4n) is 3.66. The summed E-state index contributed by atoms with van der Waals surface area (Å²) in [6, 6.07) is 16.7. The molecule has 1 atom stereocenters. The maximum Gasteiger partial charge on any atom is 0.229 e. The van der Waals surface area contributed by atoms with Gasteiger partial charge in [-0.2, -0.15) is 5.26 Å². The van der Waals surface area contributed by atoms with Gasteiger partial charge in [0.15, 0.2) is 0 Å². The molecule has 0 aromatic heterocycles. The standard InChI is InChI=1S/C22H20BrN3OS/c1-14-6-7-18(8-15(14)2)25-12-26-21(27)10-19(16-4-3-5-17(23)9-16)20(11-24)22(26)28-13-25/h3-9,19H,10,12-13H2,1-2H3/t19-/m0/s1. The average molecular weight is 454 g/mol. The number of carbonyl (C=O) groups excluding carboxylic acids is 1. The van der Waals surface area contributed by atoms with Crippen LogP contribution in [0, 0.1) is 25.2 Å². The number of allylic oxidation sites excluding steroid dienone is 1. The van der Waals surface area contributed by atoms with Crippen LogP contribution in [-0.4, -0.2) is 23.4 Å². The minimum atomic E-state index is -0.179. The molecule has 0 saturated carbocycles. The predicted molar refractivity (Wildman–Crippen MR) is 117 cm³/mol. The Morgan fingerprint density at radius 2 is 2.00 bits per heavy atom. The Hall–Kier alpha value is -2.23. The zero-order valence-corrected chi connectivity index (χ0v) is 18.2. The summed E-state index contributed by atoms with van der Waals surface area (Å²) >= 11 is 5.07. The smallest absolute Gasteiger partial charge is 0.229 e. The normalized spacial score (nSPS) is 19.5. The highest BCUT2D eigenvalue weighted by atomic mass is 79.9. The molecule has 0 radical (unpaired) electrons. The summed E-state index contributed by atoms with van der Waals surface area (Å²) in [7, 11) is 0. The van der Waals surface area contributed by atoms with Crippen molar-refractivity contribution in [2.24, 2.45) is 0 Å². The quantitative estimate of drug-likeness (QED) is 0.619. The lowest BCUT2D eigenvalue weighted by atomic mass is 9.86. The van der Waals surface area contributed by atoms with Crippen molar-refractivity contribution in [2.75, 3.05) is 17.4 Å². The van der Waals surface area contributed by atoms with E-state index in [1.54, 1.807) is 16.7 Å². The Bertz CT molecular complexity index is 1030. The summed E-state index contributed by atoms with van der Waals surface area (Å²) < 4.78 is 0.958. The van der Waals surface area contributed by atoms with Gasteiger partial charge in [0.05, 0.1) is 29.2 Å². The lowest BCUT2D eigenvalue weighted by molar-refractivity contribution is -0.129.